The summed E-state index contributed by atoms with van der Waals surface area (Å²) in [5.74, 6) is 1.06. The van der Waals surface area contributed by atoms with Crippen molar-refractivity contribution in [2.45, 2.75) is 25.4 Å². The molecule has 24 heavy (non-hydrogen) atoms. The standard InChI is InChI=1S/C16H20FN5OS/c1-11-6-12(2)9-21(8-11)15(23)10-24-16-18-19-20-22(16)14-5-3-4-13(17)7-14/h3-5,7,11-12H,6,8-10H2,1-2H3/t11-,12-/m0/s1. The van der Waals surface area contributed by atoms with Crippen LogP contribution in [-0.4, -0.2) is 49.9 Å². The number of thioether (sulfide) groups is 1. The molecule has 0 aliphatic carbocycles. The number of nitrogens with zero attached hydrogens (tertiary/aromatic N) is 5. The van der Waals surface area contributed by atoms with Gasteiger partial charge in [-0.2, -0.15) is 4.68 Å². The third-order valence-electron chi connectivity index (χ3n) is 4.04. The molecule has 2 atom stereocenters. The number of carbonyl (C=O) groups excluding carboxylic acids is 1. The highest BCUT2D eigenvalue weighted by atomic mass is 32.2. The van der Waals surface area contributed by atoms with E-state index in [1.54, 1.807) is 12.1 Å². The molecule has 1 aliphatic heterocycles. The summed E-state index contributed by atoms with van der Waals surface area (Å²) in [6.45, 7) is 5.96. The SMILES string of the molecule is C[C@H]1C[C@H](C)CN(C(=O)CSc2nnnn2-c2cccc(F)c2)C1. The molecule has 0 saturated carbocycles. The van der Waals surface area contributed by atoms with Gasteiger partial charge in [-0.15, -0.1) is 5.10 Å². The van der Waals surface area contributed by atoms with Gasteiger partial charge in [-0.05, 0) is 46.9 Å². The Hall–Kier alpha value is -1.96. The largest absolute Gasteiger partial charge is 0.341 e. The molecule has 3 rings (SSSR count). The van der Waals surface area contributed by atoms with Crippen molar-refractivity contribution in [3.8, 4) is 5.69 Å². The fraction of sp³-hybridized carbons (Fsp3) is 0.500. The summed E-state index contributed by atoms with van der Waals surface area (Å²) in [5.41, 5.74) is 0.537. The van der Waals surface area contributed by atoms with Crippen molar-refractivity contribution in [2.24, 2.45) is 11.8 Å². The number of hydrogen-bond donors (Lipinski definition) is 0. The van der Waals surface area contributed by atoms with Gasteiger partial charge in [0.05, 0.1) is 11.4 Å². The van der Waals surface area contributed by atoms with Crippen molar-refractivity contribution in [3.63, 3.8) is 0 Å². The first-order valence-electron chi connectivity index (χ1n) is 7.98. The first-order chi connectivity index (χ1) is 11.5. The number of amides is 1. The maximum Gasteiger partial charge on any atom is 0.233 e. The fourth-order valence-corrected chi connectivity index (χ4v) is 3.92. The summed E-state index contributed by atoms with van der Waals surface area (Å²) >= 11 is 1.27. The smallest absolute Gasteiger partial charge is 0.233 e. The van der Waals surface area contributed by atoms with E-state index in [0.717, 1.165) is 19.5 Å². The third kappa shape index (κ3) is 3.92. The fourth-order valence-electron chi connectivity index (χ4n) is 3.12. The molecule has 6 nitrogen and oxygen atoms in total. The second kappa shape index (κ2) is 7.29. The Kier molecular flexibility index (Phi) is 5.13. The lowest BCUT2D eigenvalue weighted by Crippen LogP contribution is -2.43. The Labute approximate surface area is 144 Å². The number of tetrazole rings is 1. The van der Waals surface area contributed by atoms with Crippen molar-refractivity contribution < 1.29 is 9.18 Å². The zero-order valence-electron chi connectivity index (χ0n) is 13.7. The summed E-state index contributed by atoms with van der Waals surface area (Å²) in [5, 5.41) is 11.9. The number of carbonyl (C=O) groups is 1. The Morgan fingerprint density at radius 3 is 2.79 bits per heavy atom. The van der Waals surface area contributed by atoms with Gasteiger partial charge < -0.3 is 4.90 Å². The Morgan fingerprint density at radius 1 is 1.33 bits per heavy atom. The van der Waals surface area contributed by atoms with Crippen LogP contribution < -0.4 is 0 Å². The third-order valence-corrected chi connectivity index (χ3v) is 4.94. The minimum absolute atomic E-state index is 0.0900. The van der Waals surface area contributed by atoms with E-state index in [2.05, 4.69) is 29.4 Å². The van der Waals surface area contributed by atoms with Gasteiger partial charge in [0.15, 0.2) is 0 Å². The van der Waals surface area contributed by atoms with Crippen LogP contribution in [-0.2, 0) is 4.79 Å². The van der Waals surface area contributed by atoms with Crippen LogP contribution in [0.4, 0.5) is 4.39 Å². The monoisotopic (exact) mass is 349 g/mol. The van der Waals surface area contributed by atoms with E-state index in [1.165, 1.54) is 28.6 Å². The number of aromatic nitrogens is 4. The predicted molar refractivity (Wildman–Crippen MR) is 89.4 cm³/mol. The first kappa shape index (κ1) is 16.9. The Morgan fingerprint density at radius 2 is 2.08 bits per heavy atom. The molecule has 1 aromatic heterocycles. The summed E-state index contributed by atoms with van der Waals surface area (Å²) in [6.07, 6.45) is 1.16. The highest BCUT2D eigenvalue weighted by Crippen LogP contribution is 2.23. The van der Waals surface area contributed by atoms with E-state index in [9.17, 15) is 9.18 Å². The average Bonchev–Trinajstić information content (AvgIpc) is 3.00. The van der Waals surface area contributed by atoms with Gasteiger partial charge in [-0.1, -0.05) is 31.7 Å². The lowest BCUT2D eigenvalue weighted by Gasteiger charge is -2.34. The maximum atomic E-state index is 13.4. The molecule has 1 aromatic carbocycles. The van der Waals surface area contributed by atoms with Crippen LogP contribution in [0.25, 0.3) is 5.69 Å². The first-order valence-corrected chi connectivity index (χ1v) is 8.96. The molecule has 1 saturated heterocycles. The molecule has 1 amide bonds. The van der Waals surface area contributed by atoms with Crippen LogP contribution in [0.15, 0.2) is 29.4 Å². The number of likely N-dealkylation sites (tertiary alicyclic amines) is 1. The minimum atomic E-state index is -0.355. The quantitative estimate of drug-likeness (QED) is 0.793. The van der Waals surface area contributed by atoms with Gasteiger partial charge in [-0.3, -0.25) is 4.79 Å². The molecule has 0 unspecified atom stereocenters. The van der Waals surface area contributed by atoms with Crippen molar-refractivity contribution in [2.75, 3.05) is 18.8 Å². The number of hydrogen-bond acceptors (Lipinski definition) is 5. The lowest BCUT2D eigenvalue weighted by atomic mass is 9.92. The highest BCUT2D eigenvalue weighted by molar-refractivity contribution is 7.99. The number of benzene rings is 1. The number of halogens is 1. The molecule has 128 valence electrons. The van der Waals surface area contributed by atoms with Gasteiger partial charge in [0.1, 0.15) is 5.82 Å². The van der Waals surface area contributed by atoms with Crippen molar-refractivity contribution in [1.82, 2.24) is 25.1 Å². The van der Waals surface area contributed by atoms with E-state index in [4.69, 9.17) is 0 Å². The highest BCUT2D eigenvalue weighted by Gasteiger charge is 2.25. The maximum absolute atomic E-state index is 13.4. The normalized spacial score (nSPS) is 21.0. The molecule has 2 heterocycles. The molecular weight excluding hydrogens is 329 g/mol. The molecule has 0 radical (unpaired) electrons. The van der Waals surface area contributed by atoms with Crippen LogP contribution in [0.5, 0.6) is 0 Å². The predicted octanol–water partition coefficient (Wildman–Crippen LogP) is 2.40. The Bertz CT molecular complexity index is 712. The zero-order chi connectivity index (χ0) is 17.1. The van der Waals surface area contributed by atoms with Gasteiger partial charge in [0.25, 0.3) is 0 Å². The molecule has 1 fully saturated rings. The van der Waals surface area contributed by atoms with Crippen LogP contribution in [0.1, 0.15) is 20.3 Å². The van der Waals surface area contributed by atoms with Crippen LogP contribution >= 0.6 is 11.8 Å². The van der Waals surface area contributed by atoms with Crippen molar-refractivity contribution in [1.29, 1.82) is 0 Å². The van der Waals surface area contributed by atoms with Crippen LogP contribution in [0, 0.1) is 17.7 Å². The van der Waals surface area contributed by atoms with Crippen LogP contribution in [0.3, 0.4) is 0 Å². The lowest BCUT2D eigenvalue weighted by molar-refractivity contribution is -0.130. The van der Waals surface area contributed by atoms with Gasteiger partial charge in [-0.25, -0.2) is 4.39 Å². The second-order valence-corrected chi connectivity index (χ2v) is 7.33. The van der Waals surface area contributed by atoms with Crippen molar-refractivity contribution >= 4 is 17.7 Å². The van der Waals surface area contributed by atoms with Gasteiger partial charge >= 0.3 is 0 Å². The summed E-state index contributed by atoms with van der Waals surface area (Å²) in [7, 11) is 0. The van der Waals surface area contributed by atoms with E-state index < -0.39 is 0 Å². The molecule has 0 bridgehead atoms. The molecule has 1 aliphatic rings. The molecular formula is C16H20FN5OS. The number of piperidine rings is 1. The molecule has 0 spiro atoms. The summed E-state index contributed by atoms with van der Waals surface area (Å²) < 4.78 is 14.8. The van der Waals surface area contributed by atoms with Gasteiger partial charge in [0, 0.05) is 13.1 Å². The average molecular weight is 349 g/mol. The number of rotatable bonds is 4. The van der Waals surface area contributed by atoms with Crippen molar-refractivity contribution in [3.05, 3.63) is 30.1 Å². The molecule has 8 heteroatoms. The van der Waals surface area contributed by atoms with E-state index in [0.29, 0.717) is 22.7 Å². The molecule has 2 aromatic rings. The zero-order valence-corrected chi connectivity index (χ0v) is 14.5. The topological polar surface area (TPSA) is 63.9 Å². The summed E-state index contributed by atoms with van der Waals surface area (Å²) in [6, 6.07) is 6.04. The second-order valence-electron chi connectivity index (χ2n) is 6.39. The van der Waals surface area contributed by atoms with E-state index in [1.807, 2.05) is 4.90 Å². The van der Waals surface area contributed by atoms with E-state index in [-0.39, 0.29) is 17.5 Å². The minimum Gasteiger partial charge on any atom is -0.341 e. The Balaban J connectivity index is 1.65. The summed E-state index contributed by atoms with van der Waals surface area (Å²) in [4.78, 5) is 14.4. The van der Waals surface area contributed by atoms with E-state index >= 15 is 0 Å². The molecule has 0 N–H and O–H groups in total. The van der Waals surface area contributed by atoms with Gasteiger partial charge in [0.2, 0.25) is 11.1 Å². The van der Waals surface area contributed by atoms with Crippen LogP contribution in [0.2, 0.25) is 0 Å².